The number of pyridine rings is 1. The van der Waals surface area contributed by atoms with Gasteiger partial charge in [-0.25, -0.2) is 4.98 Å². The van der Waals surface area contributed by atoms with Crippen molar-refractivity contribution in [2.24, 2.45) is 0 Å². The molecular formula is C15H23BN2O3. The van der Waals surface area contributed by atoms with E-state index in [-0.39, 0.29) is 6.61 Å². The molecule has 1 saturated heterocycles. The van der Waals surface area contributed by atoms with E-state index >= 15 is 0 Å². The highest BCUT2D eigenvalue weighted by atomic mass is 16.7. The smallest absolute Gasteiger partial charge is 0.400 e. The van der Waals surface area contributed by atoms with Crippen LogP contribution in [0.2, 0.25) is 0 Å². The molecule has 5 nitrogen and oxygen atoms in total. The van der Waals surface area contributed by atoms with Crippen molar-refractivity contribution in [1.82, 2.24) is 4.98 Å². The third kappa shape index (κ3) is 3.12. The molecule has 0 aromatic carbocycles. The summed E-state index contributed by atoms with van der Waals surface area (Å²) in [5.41, 5.74) is 7.39. The van der Waals surface area contributed by atoms with E-state index in [0.717, 1.165) is 11.1 Å². The molecule has 0 atom stereocenters. The van der Waals surface area contributed by atoms with Gasteiger partial charge >= 0.3 is 7.12 Å². The fraction of sp³-hybridized carbons (Fsp3) is 0.533. The van der Waals surface area contributed by atoms with Crippen LogP contribution >= 0.6 is 0 Å². The van der Waals surface area contributed by atoms with Crippen molar-refractivity contribution in [3.63, 3.8) is 0 Å². The topological polar surface area (TPSA) is 77.6 Å². The zero-order chi connectivity index (χ0) is 15.8. The predicted molar refractivity (Wildman–Crippen MR) is 84.5 cm³/mol. The maximum absolute atomic E-state index is 9.66. The summed E-state index contributed by atoms with van der Waals surface area (Å²) in [6.07, 6.45) is 3.50. The van der Waals surface area contributed by atoms with Crippen LogP contribution in [0.3, 0.4) is 0 Å². The molecule has 0 spiro atoms. The van der Waals surface area contributed by atoms with Crippen molar-refractivity contribution in [1.29, 1.82) is 0 Å². The number of nitrogens with two attached hydrogens (primary N) is 1. The minimum absolute atomic E-state index is 0.162. The minimum Gasteiger partial charge on any atom is -0.400 e. The van der Waals surface area contributed by atoms with Gasteiger partial charge in [0.1, 0.15) is 5.82 Å². The molecule has 6 heteroatoms. The number of aliphatic hydroxyl groups excluding tert-OH is 1. The van der Waals surface area contributed by atoms with Gasteiger partial charge in [-0.1, -0.05) is 6.08 Å². The van der Waals surface area contributed by atoms with Gasteiger partial charge < -0.3 is 20.1 Å². The molecular weight excluding hydrogens is 267 g/mol. The van der Waals surface area contributed by atoms with Gasteiger partial charge in [-0.15, -0.1) is 0 Å². The van der Waals surface area contributed by atoms with Crippen molar-refractivity contribution in [2.45, 2.75) is 45.8 Å². The average Bonchev–Trinajstić information content (AvgIpc) is 2.59. The van der Waals surface area contributed by atoms with E-state index < -0.39 is 18.3 Å². The lowest BCUT2D eigenvalue weighted by Crippen LogP contribution is -2.41. The lowest BCUT2D eigenvalue weighted by molar-refractivity contribution is 0.00578. The fourth-order valence-corrected chi connectivity index (χ4v) is 2.10. The van der Waals surface area contributed by atoms with Crippen LogP contribution in [0.4, 0.5) is 5.82 Å². The molecule has 114 valence electrons. The van der Waals surface area contributed by atoms with Gasteiger partial charge in [-0.2, -0.15) is 0 Å². The molecule has 0 amide bonds. The summed E-state index contributed by atoms with van der Waals surface area (Å²) in [4.78, 5) is 4.12. The van der Waals surface area contributed by atoms with E-state index in [1.54, 1.807) is 12.3 Å². The number of nitrogens with zero attached hydrogens (tertiary/aromatic N) is 1. The second-order valence-corrected chi connectivity index (χ2v) is 6.45. The minimum atomic E-state index is -0.583. The monoisotopic (exact) mass is 290 g/mol. The Morgan fingerprint density at radius 3 is 2.43 bits per heavy atom. The third-order valence-electron chi connectivity index (χ3n) is 4.17. The average molecular weight is 290 g/mol. The molecule has 3 N–H and O–H groups in total. The summed E-state index contributed by atoms with van der Waals surface area (Å²) in [7, 11) is -0.583. The highest BCUT2D eigenvalue weighted by molar-refractivity contribution is 6.55. The maximum atomic E-state index is 9.66. The van der Waals surface area contributed by atoms with Crippen LogP contribution < -0.4 is 5.73 Å². The standard InChI is InChI=1S/C15H23BN2O3/c1-10-6-11(13(17)18-8-10)7-12(9-19)16-20-14(2,3)15(4,5)21-16/h6-8,19H,9H2,1-5H3,(H2,17,18). The van der Waals surface area contributed by atoms with Crippen LogP contribution in [0.15, 0.2) is 17.7 Å². The van der Waals surface area contributed by atoms with Crippen molar-refractivity contribution < 1.29 is 14.4 Å². The SMILES string of the molecule is Cc1cnc(N)c(C=C(CO)B2OC(C)(C)C(C)(C)O2)c1. The number of rotatable bonds is 3. The third-order valence-corrected chi connectivity index (χ3v) is 4.17. The maximum Gasteiger partial charge on any atom is 0.492 e. The fourth-order valence-electron chi connectivity index (χ4n) is 2.10. The Morgan fingerprint density at radius 2 is 1.90 bits per heavy atom. The van der Waals surface area contributed by atoms with Gasteiger partial charge in [0.05, 0.1) is 17.8 Å². The molecule has 1 aliphatic rings. The first-order valence-corrected chi connectivity index (χ1v) is 7.05. The van der Waals surface area contributed by atoms with Gasteiger partial charge in [-0.05, 0) is 51.7 Å². The van der Waals surface area contributed by atoms with Gasteiger partial charge in [0, 0.05) is 11.8 Å². The predicted octanol–water partition coefficient (Wildman–Crippen LogP) is 1.98. The van der Waals surface area contributed by atoms with Gasteiger partial charge in [0.15, 0.2) is 0 Å². The highest BCUT2D eigenvalue weighted by Crippen LogP contribution is 2.38. The first kappa shape index (κ1) is 16.0. The number of aryl methyl sites for hydroxylation is 1. The lowest BCUT2D eigenvalue weighted by Gasteiger charge is -2.32. The summed E-state index contributed by atoms with van der Waals surface area (Å²) >= 11 is 0. The second-order valence-electron chi connectivity index (χ2n) is 6.45. The molecule has 0 saturated carbocycles. The number of hydrogen-bond donors (Lipinski definition) is 2. The second kappa shape index (κ2) is 5.44. The molecule has 0 radical (unpaired) electrons. The number of aliphatic hydroxyl groups is 1. The largest absolute Gasteiger partial charge is 0.492 e. The van der Waals surface area contributed by atoms with Crippen LogP contribution in [0.1, 0.15) is 38.8 Å². The first-order valence-electron chi connectivity index (χ1n) is 7.05. The van der Waals surface area contributed by atoms with Crippen molar-refractivity contribution in [2.75, 3.05) is 12.3 Å². The van der Waals surface area contributed by atoms with Crippen molar-refractivity contribution in [3.05, 3.63) is 28.9 Å². The van der Waals surface area contributed by atoms with Crippen molar-refractivity contribution >= 4 is 19.0 Å². The molecule has 2 heterocycles. The molecule has 1 aliphatic heterocycles. The molecule has 21 heavy (non-hydrogen) atoms. The van der Waals surface area contributed by atoms with Crippen LogP contribution in [0, 0.1) is 6.92 Å². The van der Waals surface area contributed by atoms with Crippen molar-refractivity contribution in [3.8, 4) is 0 Å². The molecule has 0 bridgehead atoms. The zero-order valence-corrected chi connectivity index (χ0v) is 13.3. The van der Waals surface area contributed by atoms with Crippen LogP contribution in [-0.4, -0.2) is 35.0 Å². The van der Waals surface area contributed by atoms with Crippen LogP contribution in [0.25, 0.3) is 6.08 Å². The molecule has 0 aliphatic carbocycles. The zero-order valence-electron chi connectivity index (χ0n) is 13.3. The summed E-state index contributed by atoms with van der Waals surface area (Å²) in [5.74, 6) is 0.420. The van der Waals surface area contributed by atoms with E-state index in [1.165, 1.54) is 0 Å². The Hall–Kier alpha value is -1.37. The summed E-state index contributed by atoms with van der Waals surface area (Å²) in [6.45, 7) is 9.69. The van der Waals surface area contributed by atoms with E-state index in [4.69, 9.17) is 15.0 Å². The van der Waals surface area contributed by atoms with Gasteiger partial charge in [-0.3, -0.25) is 0 Å². The molecule has 0 unspecified atom stereocenters. The van der Waals surface area contributed by atoms with Crippen LogP contribution in [-0.2, 0) is 9.31 Å². The summed E-state index contributed by atoms with van der Waals surface area (Å²) in [5, 5.41) is 9.66. The Balaban J connectivity index is 2.33. The quantitative estimate of drug-likeness (QED) is 0.832. The Bertz CT molecular complexity index is 554. The van der Waals surface area contributed by atoms with E-state index in [0.29, 0.717) is 11.3 Å². The molecule has 2 rings (SSSR count). The lowest BCUT2D eigenvalue weighted by atomic mass is 9.77. The van der Waals surface area contributed by atoms with E-state index in [9.17, 15) is 5.11 Å². The Kier molecular flexibility index (Phi) is 4.15. The first-order chi connectivity index (χ1) is 9.66. The highest BCUT2D eigenvalue weighted by Gasteiger charge is 2.52. The van der Waals surface area contributed by atoms with Gasteiger partial charge in [0.2, 0.25) is 0 Å². The summed E-state index contributed by atoms with van der Waals surface area (Å²) < 4.78 is 11.9. The summed E-state index contributed by atoms with van der Waals surface area (Å²) in [6, 6.07) is 1.92. The molecule has 1 fully saturated rings. The number of nitrogen functional groups attached to an aromatic ring is 1. The van der Waals surface area contributed by atoms with Gasteiger partial charge in [0.25, 0.3) is 0 Å². The van der Waals surface area contributed by atoms with E-state index in [2.05, 4.69) is 4.98 Å². The molecule has 1 aromatic heterocycles. The Morgan fingerprint density at radius 1 is 1.33 bits per heavy atom. The number of aromatic nitrogens is 1. The van der Waals surface area contributed by atoms with Crippen LogP contribution in [0.5, 0.6) is 0 Å². The normalized spacial score (nSPS) is 20.9. The van der Waals surface area contributed by atoms with E-state index in [1.807, 2.05) is 40.7 Å². The number of hydrogen-bond acceptors (Lipinski definition) is 5. The Labute approximate surface area is 126 Å². The molecule has 1 aromatic rings. The number of anilines is 1.